The zero-order valence-corrected chi connectivity index (χ0v) is 40.7. The Labute approximate surface area is 378 Å². The van der Waals surface area contributed by atoms with E-state index in [1.54, 1.807) is 12.2 Å². The second-order valence-corrected chi connectivity index (χ2v) is 19.7. The van der Waals surface area contributed by atoms with Crippen LogP contribution in [0.25, 0.3) is 0 Å². The van der Waals surface area contributed by atoms with Crippen molar-refractivity contribution in [2.75, 3.05) is 47.5 Å². The van der Waals surface area contributed by atoms with E-state index in [0.29, 0.717) is 43.1 Å². The van der Waals surface area contributed by atoms with Gasteiger partial charge in [0.2, 0.25) is 0 Å². The molecule has 15 heteroatoms. The summed E-state index contributed by atoms with van der Waals surface area (Å²) in [4.78, 5) is 35.8. The highest BCUT2D eigenvalue weighted by atomic mass is 31.2. The lowest BCUT2D eigenvalue weighted by atomic mass is 9.87. The number of nitrogens with zero attached hydrogens (tertiary/aromatic N) is 1. The molecule has 0 radical (unpaired) electrons. The Morgan fingerprint density at radius 1 is 0.825 bits per heavy atom. The SMILES string of the molecule is CCCCCc1oc(CCCCCCCCC(=O)O[C@H](COC(=O)CCC/C=C\C[C@H]2[C@@H](O)CC(O)O[C@@H]2/C=C/[C@@H](O)CCCCC)COP(=O)(O)OCC[N+](C)(C)C)c(C)c1C. The van der Waals surface area contributed by atoms with Crippen molar-refractivity contribution in [2.45, 2.75) is 193 Å². The number of rotatable bonds is 35. The smallest absolute Gasteiger partial charge is 0.466 e. The molecule has 0 amide bonds. The molecule has 1 fully saturated rings. The van der Waals surface area contributed by atoms with Crippen LogP contribution in [-0.2, 0) is 50.3 Å². The third kappa shape index (κ3) is 25.8. The Hall–Kier alpha value is -2.39. The van der Waals surface area contributed by atoms with Crippen molar-refractivity contribution in [3.05, 3.63) is 47.0 Å². The fraction of sp³-hybridized carbons (Fsp3) is 0.792. The number of aliphatic hydroxyl groups excluding tert-OH is 3. The summed E-state index contributed by atoms with van der Waals surface area (Å²) in [6.07, 6.45) is 19.7. The molecule has 1 saturated heterocycles. The number of phosphoric ester groups is 1. The number of carbonyl (C=O) groups is 2. The van der Waals surface area contributed by atoms with Crippen LogP contribution in [0.15, 0.2) is 28.7 Å². The van der Waals surface area contributed by atoms with Crippen molar-refractivity contribution >= 4 is 19.8 Å². The number of carbonyl (C=O) groups excluding carboxylic acids is 2. The third-order valence-electron chi connectivity index (χ3n) is 11.5. The maximum Gasteiger partial charge on any atom is 0.472 e. The molecule has 0 aliphatic carbocycles. The maximum atomic E-state index is 12.8. The van der Waals surface area contributed by atoms with Gasteiger partial charge >= 0.3 is 19.8 Å². The number of phosphoric acid groups is 1. The number of hydrogen-bond donors (Lipinski definition) is 4. The van der Waals surface area contributed by atoms with Crippen molar-refractivity contribution in [3.8, 4) is 0 Å². The van der Waals surface area contributed by atoms with Crippen LogP contribution >= 0.6 is 7.82 Å². The molecule has 1 aliphatic heterocycles. The molecule has 14 nitrogen and oxygen atoms in total. The van der Waals surface area contributed by atoms with Crippen molar-refractivity contribution < 1.29 is 66.5 Å². The quantitative estimate of drug-likeness (QED) is 0.0166. The van der Waals surface area contributed by atoms with Crippen LogP contribution in [0.5, 0.6) is 0 Å². The molecular weight excluding hydrogens is 829 g/mol. The van der Waals surface area contributed by atoms with Crippen LogP contribution < -0.4 is 0 Å². The topological polar surface area (TPSA) is 191 Å². The number of esters is 2. The average Bonchev–Trinajstić information content (AvgIpc) is 3.48. The molecule has 2 unspecified atom stereocenters. The van der Waals surface area contributed by atoms with Gasteiger partial charge in [-0.25, -0.2) is 4.57 Å². The van der Waals surface area contributed by atoms with Gasteiger partial charge in [-0.3, -0.25) is 18.6 Å². The van der Waals surface area contributed by atoms with Gasteiger partial charge in [0, 0.05) is 38.0 Å². The van der Waals surface area contributed by atoms with Gasteiger partial charge in [0.25, 0.3) is 0 Å². The van der Waals surface area contributed by atoms with Gasteiger partial charge in [-0.05, 0) is 69.9 Å². The minimum absolute atomic E-state index is 0.0214. The summed E-state index contributed by atoms with van der Waals surface area (Å²) in [7, 11) is 1.30. The first kappa shape index (κ1) is 56.7. The summed E-state index contributed by atoms with van der Waals surface area (Å²) in [5.74, 6) is 0.899. The average molecular weight is 915 g/mol. The highest BCUT2D eigenvalue weighted by Gasteiger charge is 2.35. The first-order valence-corrected chi connectivity index (χ1v) is 25.3. The predicted octanol–water partition coefficient (Wildman–Crippen LogP) is 8.90. The first-order valence-electron chi connectivity index (χ1n) is 23.8. The number of unbranched alkanes of at least 4 members (excludes halogenated alkanes) is 10. The Kier molecular flexibility index (Phi) is 28.4. The van der Waals surface area contributed by atoms with E-state index in [4.69, 9.17) is 27.7 Å². The van der Waals surface area contributed by atoms with Crippen LogP contribution in [0, 0.1) is 19.8 Å². The number of allylic oxidation sites excluding steroid dienone is 2. The van der Waals surface area contributed by atoms with E-state index in [9.17, 15) is 34.4 Å². The van der Waals surface area contributed by atoms with Crippen LogP contribution in [0.1, 0.15) is 158 Å². The predicted molar refractivity (Wildman–Crippen MR) is 245 cm³/mol. The molecular formula is C48H85NO13P+. The molecule has 2 heterocycles. The Morgan fingerprint density at radius 2 is 1.44 bits per heavy atom. The van der Waals surface area contributed by atoms with E-state index in [1.807, 2.05) is 33.3 Å². The van der Waals surface area contributed by atoms with Gasteiger partial charge in [0.1, 0.15) is 31.3 Å². The fourth-order valence-corrected chi connectivity index (χ4v) is 8.09. The zero-order chi connectivity index (χ0) is 46.7. The number of hydrogen-bond acceptors (Lipinski definition) is 12. The van der Waals surface area contributed by atoms with Crippen molar-refractivity contribution in [1.29, 1.82) is 0 Å². The van der Waals surface area contributed by atoms with Gasteiger partial charge in [0.05, 0.1) is 46.1 Å². The normalized spacial score (nSPS) is 20.3. The van der Waals surface area contributed by atoms with Gasteiger partial charge in [-0.15, -0.1) is 0 Å². The van der Waals surface area contributed by atoms with Crippen molar-refractivity contribution in [3.63, 3.8) is 0 Å². The summed E-state index contributed by atoms with van der Waals surface area (Å²) >= 11 is 0. The van der Waals surface area contributed by atoms with Crippen molar-refractivity contribution in [1.82, 2.24) is 0 Å². The second kappa shape index (κ2) is 31.5. The maximum absolute atomic E-state index is 12.8. The van der Waals surface area contributed by atoms with E-state index in [0.717, 1.165) is 82.1 Å². The molecule has 1 aromatic heterocycles. The van der Waals surface area contributed by atoms with E-state index in [1.165, 1.54) is 24.0 Å². The number of aliphatic hydroxyl groups is 3. The van der Waals surface area contributed by atoms with Crippen LogP contribution in [0.2, 0.25) is 0 Å². The largest absolute Gasteiger partial charge is 0.472 e. The highest BCUT2D eigenvalue weighted by Crippen LogP contribution is 2.43. The zero-order valence-electron chi connectivity index (χ0n) is 39.8. The third-order valence-corrected chi connectivity index (χ3v) is 12.5. The summed E-state index contributed by atoms with van der Waals surface area (Å²) in [6, 6.07) is 0. The molecule has 7 atom stereocenters. The van der Waals surface area contributed by atoms with E-state index in [2.05, 4.69) is 27.7 Å². The van der Waals surface area contributed by atoms with Crippen LogP contribution in [-0.4, -0.2) is 115 Å². The molecule has 63 heavy (non-hydrogen) atoms. The lowest BCUT2D eigenvalue weighted by Gasteiger charge is -2.36. The molecule has 0 spiro atoms. The van der Waals surface area contributed by atoms with Crippen LogP contribution in [0.3, 0.4) is 0 Å². The summed E-state index contributed by atoms with van der Waals surface area (Å²) in [6.45, 7) is 8.22. The number of likely N-dealkylation sites (N-methyl/N-ethyl adjacent to an activating group) is 1. The molecule has 1 aromatic rings. The van der Waals surface area contributed by atoms with E-state index < -0.39 is 57.1 Å². The summed E-state index contributed by atoms with van der Waals surface area (Å²) < 4.78 is 46.3. The van der Waals surface area contributed by atoms with Gasteiger partial charge in [0.15, 0.2) is 12.4 Å². The molecule has 4 N–H and O–H groups in total. The van der Waals surface area contributed by atoms with Gasteiger partial charge in [-0.2, -0.15) is 0 Å². The minimum Gasteiger partial charge on any atom is -0.466 e. The van der Waals surface area contributed by atoms with E-state index >= 15 is 0 Å². The summed E-state index contributed by atoms with van der Waals surface area (Å²) in [5.41, 5.74) is 2.56. The summed E-state index contributed by atoms with van der Waals surface area (Å²) in [5, 5.41) is 31.0. The first-order chi connectivity index (χ1) is 29.9. The Balaban J connectivity index is 1.80. The van der Waals surface area contributed by atoms with Gasteiger partial charge < -0.3 is 43.3 Å². The molecule has 1 aliphatic rings. The molecule has 0 bridgehead atoms. The van der Waals surface area contributed by atoms with Crippen LogP contribution in [0.4, 0.5) is 0 Å². The minimum atomic E-state index is -4.46. The number of aryl methyl sites for hydroxylation is 2. The number of furan rings is 1. The van der Waals surface area contributed by atoms with Crippen molar-refractivity contribution in [2.24, 2.45) is 5.92 Å². The highest BCUT2D eigenvalue weighted by molar-refractivity contribution is 7.47. The number of ether oxygens (including phenoxy) is 3. The fourth-order valence-electron chi connectivity index (χ4n) is 7.35. The Bertz CT molecular complexity index is 1520. The molecule has 0 aromatic carbocycles. The monoisotopic (exact) mass is 915 g/mol. The molecule has 2 rings (SSSR count). The second-order valence-electron chi connectivity index (χ2n) is 18.3. The number of quaternary nitrogens is 1. The Morgan fingerprint density at radius 3 is 2.11 bits per heavy atom. The lowest BCUT2D eigenvalue weighted by Crippen LogP contribution is -2.43. The standard InChI is InChI=1S/C48H84NO13P/c1-8-10-18-24-39(50)30-31-45-41(42(51)34-48(54)62-45)25-20-16-17-22-28-46(52)57-35-40(36-59-63(55,56)58-33-32-49(5,6)7)60-47(53)29-23-15-13-12-14-21-27-44-38(4)37(3)43(61-44)26-19-11-9-2/h16,20,30-31,39-42,45,48,50-51,54H,8-15,17-19,21-29,32-36H2,1-7H3/p+1/b20-16-,31-30+/t39-,40+,41-,42-,45+,48?/m0/s1. The van der Waals surface area contributed by atoms with Gasteiger partial charge in [-0.1, -0.05) is 95.9 Å². The lowest BCUT2D eigenvalue weighted by molar-refractivity contribution is -0.870. The molecule has 364 valence electrons. The molecule has 0 saturated carbocycles. The van der Waals surface area contributed by atoms with E-state index in [-0.39, 0.29) is 38.4 Å².